The molecule has 2 fully saturated rings. The van der Waals surface area contributed by atoms with Crippen LogP contribution in [0.5, 0.6) is 5.75 Å². The quantitative estimate of drug-likeness (QED) is 0.853. The highest BCUT2D eigenvalue weighted by molar-refractivity contribution is 5.82. The van der Waals surface area contributed by atoms with E-state index in [1.165, 1.54) is 25.0 Å². The molecule has 0 radical (unpaired) electrons. The van der Waals surface area contributed by atoms with Gasteiger partial charge in [0, 0.05) is 19.1 Å². The van der Waals surface area contributed by atoms with Crippen LogP contribution in [0.15, 0.2) is 24.3 Å². The molecule has 1 aromatic rings. The molecule has 0 aromatic heterocycles. The van der Waals surface area contributed by atoms with Gasteiger partial charge in [-0.05, 0) is 30.5 Å². The Hall–Kier alpha value is -1.73. The molecule has 7 heteroatoms. The number of nitrogens with zero attached hydrogens (tertiary/aromatic N) is 1. The van der Waals surface area contributed by atoms with Crippen LogP contribution in [0, 0.1) is 0 Å². The van der Waals surface area contributed by atoms with E-state index in [0.29, 0.717) is 19.3 Å². The Balaban J connectivity index is 1.57. The van der Waals surface area contributed by atoms with Crippen molar-refractivity contribution in [3.05, 3.63) is 29.8 Å². The fourth-order valence-electron chi connectivity index (χ4n) is 3.65. The second kappa shape index (κ2) is 8.58. The van der Waals surface area contributed by atoms with Crippen molar-refractivity contribution in [3.8, 4) is 5.75 Å². The Kier molecular flexibility index (Phi) is 6.20. The highest BCUT2D eigenvalue weighted by Crippen LogP contribution is 2.26. The fourth-order valence-corrected chi connectivity index (χ4v) is 3.65. The van der Waals surface area contributed by atoms with Crippen molar-refractivity contribution in [2.75, 3.05) is 19.8 Å². The largest absolute Gasteiger partial charge is 0.435 e. The lowest BCUT2D eigenvalue weighted by atomic mass is 10.1. The van der Waals surface area contributed by atoms with Crippen molar-refractivity contribution < 1.29 is 23.0 Å². The van der Waals surface area contributed by atoms with E-state index in [-0.39, 0.29) is 24.2 Å². The van der Waals surface area contributed by atoms with Gasteiger partial charge in [-0.2, -0.15) is 8.78 Å². The zero-order chi connectivity index (χ0) is 17.6. The standard InChI is InChI=1S/C18H24F2N2O3/c19-18(20)25-15-7-3-4-13(10-15)11-21-17(23)16-12-24-9-8-22(16)14-5-1-2-6-14/h3-4,7,10,14,16,18H,1-2,5-6,8-9,11-12H2,(H,21,23)/t16-/m0/s1. The van der Waals surface area contributed by atoms with Crippen LogP contribution in [0.1, 0.15) is 31.2 Å². The van der Waals surface area contributed by atoms with Crippen LogP contribution in [0.2, 0.25) is 0 Å². The molecular weight excluding hydrogens is 330 g/mol. The number of benzene rings is 1. The molecule has 1 heterocycles. The summed E-state index contributed by atoms with van der Waals surface area (Å²) in [5, 5.41) is 2.90. The van der Waals surface area contributed by atoms with E-state index in [1.807, 2.05) is 0 Å². The summed E-state index contributed by atoms with van der Waals surface area (Å²) in [6, 6.07) is 6.56. The average molecular weight is 354 g/mol. The summed E-state index contributed by atoms with van der Waals surface area (Å²) in [4.78, 5) is 14.9. The van der Waals surface area contributed by atoms with Gasteiger partial charge in [0.15, 0.2) is 0 Å². The molecule has 1 N–H and O–H groups in total. The fraction of sp³-hybridized carbons (Fsp3) is 0.611. The third-order valence-electron chi connectivity index (χ3n) is 4.86. The van der Waals surface area contributed by atoms with Crippen LogP contribution in [0.25, 0.3) is 0 Å². The van der Waals surface area contributed by atoms with Crippen molar-refractivity contribution in [2.45, 2.75) is 50.9 Å². The van der Waals surface area contributed by atoms with Crippen LogP contribution in [0.4, 0.5) is 8.78 Å². The first-order valence-corrected chi connectivity index (χ1v) is 8.78. The number of hydrogen-bond donors (Lipinski definition) is 1. The van der Waals surface area contributed by atoms with Gasteiger partial charge in [0.05, 0.1) is 13.2 Å². The van der Waals surface area contributed by atoms with E-state index in [1.54, 1.807) is 12.1 Å². The Labute approximate surface area is 146 Å². The monoisotopic (exact) mass is 354 g/mol. The summed E-state index contributed by atoms with van der Waals surface area (Å²) in [7, 11) is 0. The summed E-state index contributed by atoms with van der Waals surface area (Å²) in [6.45, 7) is -0.747. The van der Waals surface area contributed by atoms with Crippen LogP contribution < -0.4 is 10.1 Å². The minimum Gasteiger partial charge on any atom is -0.435 e. The molecule has 0 spiro atoms. The Morgan fingerprint density at radius 1 is 1.36 bits per heavy atom. The molecule has 0 unspecified atom stereocenters. The van der Waals surface area contributed by atoms with Crippen molar-refractivity contribution in [2.24, 2.45) is 0 Å². The third kappa shape index (κ3) is 4.89. The highest BCUT2D eigenvalue weighted by Gasteiger charge is 2.35. The first-order chi connectivity index (χ1) is 12.1. The SMILES string of the molecule is O=C(NCc1cccc(OC(F)F)c1)[C@@H]1COCCN1C1CCCC1. The number of rotatable bonds is 6. The second-order valence-corrected chi connectivity index (χ2v) is 6.51. The number of hydrogen-bond acceptors (Lipinski definition) is 4. The molecule has 1 aromatic carbocycles. The number of halogens is 2. The van der Waals surface area contributed by atoms with E-state index in [0.717, 1.165) is 24.9 Å². The van der Waals surface area contributed by atoms with Crippen LogP contribution >= 0.6 is 0 Å². The lowest BCUT2D eigenvalue weighted by Gasteiger charge is -2.38. The highest BCUT2D eigenvalue weighted by atomic mass is 19.3. The van der Waals surface area contributed by atoms with Crippen LogP contribution in [-0.2, 0) is 16.1 Å². The maximum atomic E-state index is 12.6. The number of nitrogens with one attached hydrogen (secondary N) is 1. The van der Waals surface area contributed by atoms with E-state index >= 15 is 0 Å². The molecule has 1 saturated heterocycles. The van der Waals surface area contributed by atoms with Gasteiger partial charge in [-0.1, -0.05) is 25.0 Å². The molecule has 1 aliphatic carbocycles. The van der Waals surface area contributed by atoms with E-state index in [2.05, 4.69) is 15.0 Å². The minimum atomic E-state index is -2.86. The van der Waals surface area contributed by atoms with Gasteiger partial charge in [0.2, 0.25) is 5.91 Å². The number of carbonyl (C=O) groups is 1. The average Bonchev–Trinajstić information content (AvgIpc) is 3.14. The number of morpholine rings is 1. The first-order valence-electron chi connectivity index (χ1n) is 8.78. The minimum absolute atomic E-state index is 0.0771. The molecule has 3 rings (SSSR count). The molecule has 0 bridgehead atoms. The number of alkyl halides is 2. The summed E-state index contributed by atoms with van der Waals surface area (Å²) >= 11 is 0. The molecule has 5 nitrogen and oxygen atoms in total. The van der Waals surface area contributed by atoms with E-state index < -0.39 is 6.61 Å². The number of amides is 1. The molecule has 1 saturated carbocycles. The zero-order valence-electron chi connectivity index (χ0n) is 14.1. The molecule has 1 atom stereocenters. The van der Waals surface area contributed by atoms with Gasteiger partial charge in [-0.25, -0.2) is 0 Å². The molecule has 1 aliphatic heterocycles. The predicted molar refractivity (Wildman–Crippen MR) is 88.5 cm³/mol. The van der Waals surface area contributed by atoms with Crippen molar-refractivity contribution >= 4 is 5.91 Å². The lowest BCUT2D eigenvalue weighted by molar-refractivity contribution is -0.134. The second-order valence-electron chi connectivity index (χ2n) is 6.51. The molecule has 25 heavy (non-hydrogen) atoms. The summed E-state index contributed by atoms with van der Waals surface area (Å²) in [5.74, 6) is 0.0158. The summed E-state index contributed by atoms with van der Waals surface area (Å²) < 4.78 is 34.5. The lowest BCUT2D eigenvalue weighted by Crippen LogP contribution is -2.56. The summed E-state index contributed by atoms with van der Waals surface area (Å²) in [6.07, 6.45) is 4.70. The number of ether oxygens (including phenoxy) is 2. The van der Waals surface area contributed by atoms with Gasteiger partial charge in [0.25, 0.3) is 0 Å². The Bertz CT molecular complexity index is 579. The van der Waals surface area contributed by atoms with Gasteiger partial charge >= 0.3 is 6.61 Å². The van der Waals surface area contributed by atoms with Crippen molar-refractivity contribution in [1.82, 2.24) is 10.2 Å². The molecule has 1 amide bonds. The third-order valence-corrected chi connectivity index (χ3v) is 4.86. The Morgan fingerprint density at radius 3 is 2.92 bits per heavy atom. The molecule has 2 aliphatic rings. The van der Waals surface area contributed by atoms with Crippen molar-refractivity contribution in [3.63, 3.8) is 0 Å². The molecule has 138 valence electrons. The van der Waals surface area contributed by atoms with Crippen LogP contribution in [0.3, 0.4) is 0 Å². The number of carbonyl (C=O) groups excluding carboxylic acids is 1. The van der Waals surface area contributed by atoms with Gasteiger partial charge in [0.1, 0.15) is 11.8 Å². The molecular formula is C18H24F2N2O3. The Morgan fingerprint density at radius 2 is 2.16 bits per heavy atom. The summed E-state index contributed by atoms with van der Waals surface area (Å²) in [5.41, 5.74) is 0.718. The topological polar surface area (TPSA) is 50.8 Å². The maximum Gasteiger partial charge on any atom is 0.387 e. The van der Waals surface area contributed by atoms with E-state index in [4.69, 9.17) is 4.74 Å². The van der Waals surface area contributed by atoms with Gasteiger partial charge < -0.3 is 14.8 Å². The smallest absolute Gasteiger partial charge is 0.387 e. The van der Waals surface area contributed by atoms with Crippen LogP contribution in [-0.4, -0.2) is 49.3 Å². The normalized spacial score (nSPS) is 22.3. The predicted octanol–water partition coefficient (Wildman–Crippen LogP) is 2.55. The van der Waals surface area contributed by atoms with E-state index in [9.17, 15) is 13.6 Å². The zero-order valence-corrected chi connectivity index (χ0v) is 14.1. The van der Waals surface area contributed by atoms with Gasteiger partial charge in [-0.15, -0.1) is 0 Å². The first kappa shape index (κ1) is 18.1. The van der Waals surface area contributed by atoms with Crippen molar-refractivity contribution in [1.29, 1.82) is 0 Å². The van der Waals surface area contributed by atoms with Gasteiger partial charge in [-0.3, -0.25) is 9.69 Å². The maximum absolute atomic E-state index is 12.6.